The number of anilines is 1. The number of ether oxygens (including phenoxy) is 1. The van der Waals surface area contributed by atoms with E-state index in [0.717, 1.165) is 6.26 Å². The van der Waals surface area contributed by atoms with Gasteiger partial charge < -0.3 is 10.1 Å². The van der Waals surface area contributed by atoms with Crippen LogP contribution in [0.2, 0.25) is 5.02 Å². The maximum absolute atomic E-state index is 13.8. The molecule has 9 heteroatoms. The fourth-order valence-electron chi connectivity index (χ4n) is 3.58. The molecule has 0 atom stereocenters. The molecule has 6 nitrogen and oxygen atoms in total. The lowest BCUT2D eigenvalue weighted by atomic mass is 9.98. The highest BCUT2D eigenvalue weighted by molar-refractivity contribution is 7.90. The molecule has 0 spiro atoms. The van der Waals surface area contributed by atoms with Crippen molar-refractivity contribution in [2.24, 2.45) is 0 Å². The van der Waals surface area contributed by atoms with Crippen LogP contribution in [0.25, 0.3) is 22.4 Å². The van der Waals surface area contributed by atoms with Crippen molar-refractivity contribution in [1.82, 2.24) is 4.98 Å². The first-order chi connectivity index (χ1) is 16.7. The molecular weight excluding hydrogens is 491 g/mol. The van der Waals surface area contributed by atoms with E-state index in [4.69, 9.17) is 16.3 Å². The van der Waals surface area contributed by atoms with Crippen molar-refractivity contribution in [3.8, 4) is 28.1 Å². The van der Waals surface area contributed by atoms with Crippen LogP contribution in [-0.4, -0.2) is 32.7 Å². The highest BCUT2D eigenvalue weighted by Crippen LogP contribution is 2.35. The lowest BCUT2D eigenvalue weighted by Gasteiger charge is -2.15. The summed E-state index contributed by atoms with van der Waals surface area (Å²) < 4.78 is 43.5. The molecule has 0 saturated carbocycles. The number of benzene rings is 3. The van der Waals surface area contributed by atoms with Gasteiger partial charge in [-0.15, -0.1) is 0 Å². The van der Waals surface area contributed by atoms with Crippen molar-refractivity contribution in [2.75, 3.05) is 18.7 Å². The molecule has 0 aliphatic carbocycles. The number of hydrogen-bond acceptors (Lipinski definition) is 5. The summed E-state index contributed by atoms with van der Waals surface area (Å²) in [5.41, 5.74) is 2.57. The van der Waals surface area contributed by atoms with Gasteiger partial charge in [0.05, 0.1) is 22.7 Å². The van der Waals surface area contributed by atoms with Crippen LogP contribution in [0.15, 0.2) is 83.9 Å². The Hall–Kier alpha value is -3.75. The predicted molar refractivity (Wildman–Crippen MR) is 134 cm³/mol. The van der Waals surface area contributed by atoms with E-state index in [9.17, 15) is 17.6 Å². The van der Waals surface area contributed by atoms with E-state index in [1.165, 1.54) is 43.5 Å². The Morgan fingerprint density at radius 1 is 0.971 bits per heavy atom. The Bertz CT molecular complexity index is 1530. The zero-order valence-corrected chi connectivity index (χ0v) is 20.3. The average Bonchev–Trinajstić information content (AvgIpc) is 2.84. The molecule has 0 bridgehead atoms. The molecule has 1 amide bonds. The van der Waals surface area contributed by atoms with E-state index in [1.54, 1.807) is 36.5 Å². The second kappa shape index (κ2) is 9.85. The van der Waals surface area contributed by atoms with E-state index < -0.39 is 21.6 Å². The molecule has 1 aromatic heterocycles. The third-order valence-corrected chi connectivity index (χ3v) is 6.72. The number of rotatable bonds is 6. The van der Waals surface area contributed by atoms with Crippen molar-refractivity contribution >= 4 is 33.0 Å². The van der Waals surface area contributed by atoms with Gasteiger partial charge in [0, 0.05) is 40.9 Å². The molecule has 0 aliphatic rings. The minimum atomic E-state index is -3.57. The van der Waals surface area contributed by atoms with Gasteiger partial charge in [0.15, 0.2) is 9.84 Å². The molecule has 0 saturated heterocycles. The average molecular weight is 511 g/mol. The molecule has 1 N–H and O–H groups in total. The smallest absolute Gasteiger partial charge is 0.256 e. The second-order valence-corrected chi connectivity index (χ2v) is 10.1. The SMILES string of the molecule is COc1cc(F)ccc1-c1cc(S(C)(=O)=O)ccc1C(=O)Nc1ccc(Cl)c(-c2ccccn2)c1. The summed E-state index contributed by atoms with van der Waals surface area (Å²) in [4.78, 5) is 17.7. The number of pyridine rings is 1. The fourth-order valence-corrected chi connectivity index (χ4v) is 4.44. The minimum absolute atomic E-state index is 0.0133. The van der Waals surface area contributed by atoms with Gasteiger partial charge >= 0.3 is 0 Å². The van der Waals surface area contributed by atoms with Gasteiger partial charge in [-0.25, -0.2) is 12.8 Å². The molecule has 0 radical (unpaired) electrons. The Balaban J connectivity index is 1.78. The van der Waals surface area contributed by atoms with E-state index in [2.05, 4.69) is 10.3 Å². The second-order valence-electron chi connectivity index (χ2n) is 7.69. The fraction of sp³-hybridized carbons (Fsp3) is 0.0769. The van der Waals surface area contributed by atoms with Gasteiger partial charge in [0.2, 0.25) is 0 Å². The molecule has 0 aliphatic heterocycles. The van der Waals surface area contributed by atoms with E-state index in [1.807, 2.05) is 6.07 Å². The van der Waals surface area contributed by atoms with Crippen molar-refractivity contribution in [3.63, 3.8) is 0 Å². The number of carbonyl (C=O) groups is 1. The molecule has 4 rings (SSSR count). The summed E-state index contributed by atoms with van der Waals surface area (Å²) in [6.07, 6.45) is 2.71. The monoisotopic (exact) mass is 510 g/mol. The van der Waals surface area contributed by atoms with Crippen LogP contribution < -0.4 is 10.1 Å². The Kier molecular flexibility index (Phi) is 6.86. The van der Waals surface area contributed by atoms with Gasteiger partial charge in [-0.1, -0.05) is 17.7 Å². The van der Waals surface area contributed by atoms with Gasteiger partial charge in [-0.05, 0) is 66.2 Å². The van der Waals surface area contributed by atoms with Crippen LogP contribution >= 0.6 is 11.6 Å². The normalized spacial score (nSPS) is 11.2. The number of amides is 1. The maximum atomic E-state index is 13.8. The third-order valence-electron chi connectivity index (χ3n) is 5.28. The number of nitrogens with one attached hydrogen (secondary N) is 1. The summed E-state index contributed by atoms with van der Waals surface area (Å²) in [5, 5.41) is 3.29. The quantitative estimate of drug-likeness (QED) is 0.350. The zero-order valence-electron chi connectivity index (χ0n) is 18.7. The molecule has 0 fully saturated rings. The Morgan fingerprint density at radius 3 is 2.46 bits per heavy atom. The van der Waals surface area contributed by atoms with E-state index >= 15 is 0 Å². The highest BCUT2D eigenvalue weighted by atomic mass is 35.5. The molecule has 1 heterocycles. The summed E-state index contributed by atoms with van der Waals surface area (Å²) in [7, 11) is -2.21. The third kappa shape index (κ3) is 5.34. The van der Waals surface area contributed by atoms with Crippen molar-refractivity contribution in [2.45, 2.75) is 4.90 Å². The standard InChI is InChI=1S/C26H20ClFN2O4S/c1-34-25-13-16(28)6-9-19(25)21-15-18(35(2,32)33)8-10-20(21)26(31)30-17-7-11-23(27)22(14-17)24-5-3-4-12-29-24/h3-15H,1-2H3,(H,30,31). The summed E-state index contributed by atoms with van der Waals surface area (Å²) in [6, 6.07) is 18.4. The highest BCUT2D eigenvalue weighted by Gasteiger charge is 2.20. The Morgan fingerprint density at radius 2 is 1.77 bits per heavy atom. The van der Waals surface area contributed by atoms with E-state index in [0.29, 0.717) is 27.5 Å². The number of aromatic nitrogens is 1. The number of carbonyl (C=O) groups excluding carboxylic acids is 1. The van der Waals surface area contributed by atoms with Gasteiger partial charge in [-0.3, -0.25) is 9.78 Å². The van der Waals surface area contributed by atoms with Crippen LogP contribution in [0.5, 0.6) is 5.75 Å². The summed E-state index contributed by atoms with van der Waals surface area (Å²) in [6.45, 7) is 0. The molecule has 35 heavy (non-hydrogen) atoms. The number of methoxy groups -OCH3 is 1. The first kappa shape index (κ1) is 24.4. The van der Waals surface area contributed by atoms with Gasteiger partial charge in [0.1, 0.15) is 11.6 Å². The number of hydrogen-bond donors (Lipinski definition) is 1. The van der Waals surface area contributed by atoms with Crippen molar-refractivity contribution < 1.29 is 22.3 Å². The van der Waals surface area contributed by atoms with Gasteiger partial charge in [0.25, 0.3) is 5.91 Å². The summed E-state index contributed by atoms with van der Waals surface area (Å²) >= 11 is 6.34. The van der Waals surface area contributed by atoms with Crippen LogP contribution in [-0.2, 0) is 9.84 Å². The first-order valence-electron chi connectivity index (χ1n) is 10.4. The van der Waals surface area contributed by atoms with Crippen molar-refractivity contribution in [1.29, 1.82) is 0 Å². The molecule has 0 unspecified atom stereocenters. The lowest BCUT2D eigenvalue weighted by Crippen LogP contribution is -2.14. The van der Waals surface area contributed by atoms with Gasteiger partial charge in [-0.2, -0.15) is 0 Å². The Labute approximate surface area is 207 Å². The first-order valence-corrected chi connectivity index (χ1v) is 12.6. The van der Waals surface area contributed by atoms with Crippen LogP contribution in [0.1, 0.15) is 10.4 Å². The van der Waals surface area contributed by atoms with Crippen LogP contribution in [0.3, 0.4) is 0 Å². The molecule has 4 aromatic rings. The molecular formula is C26H20ClFN2O4S. The van der Waals surface area contributed by atoms with E-state index in [-0.39, 0.29) is 21.8 Å². The lowest BCUT2D eigenvalue weighted by molar-refractivity contribution is 0.102. The predicted octanol–water partition coefficient (Wildman–Crippen LogP) is 5.87. The van der Waals surface area contributed by atoms with Crippen LogP contribution in [0, 0.1) is 5.82 Å². The summed E-state index contributed by atoms with van der Waals surface area (Å²) in [5.74, 6) is -0.867. The number of sulfone groups is 1. The van der Waals surface area contributed by atoms with Crippen molar-refractivity contribution in [3.05, 3.63) is 95.4 Å². The topological polar surface area (TPSA) is 85.4 Å². The molecule has 3 aromatic carbocycles. The number of halogens is 2. The largest absolute Gasteiger partial charge is 0.496 e. The number of nitrogens with zero attached hydrogens (tertiary/aromatic N) is 1. The maximum Gasteiger partial charge on any atom is 0.256 e. The zero-order chi connectivity index (χ0) is 25.2. The minimum Gasteiger partial charge on any atom is -0.496 e. The van der Waals surface area contributed by atoms with Crippen LogP contribution in [0.4, 0.5) is 10.1 Å². The molecule has 178 valence electrons.